The summed E-state index contributed by atoms with van der Waals surface area (Å²) >= 11 is 0. The van der Waals surface area contributed by atoms with E-state index in [1.807, 2.05) is 30.3 Å². The van der Waals surface area contributed by atoms with Crippen molar-refractivity contribution in [1.29, 1.82) is 0 Å². The van der Waals surface area contributed by atoms with Gasteiger partial charge in [0.25, 0.3) is 0 Å². The van der Waals surface area contributed by atoms with Gasteiger partial charge in [-0.15, -0.1) is 6.58 Å². The number of hydrogen-bond acceptors (Lipinski definition) is 3. The highest BCUT2D eigenvalue weighted by Gasteiger charge is 2.12. The molecule has 0 bridgehead atoms. The van der Waals surface area contributed by atoms with Gasteiger partial charge in [-0.3, -0.25) is 9.59 Å². The Morgan fingerprint density at radius 1 is 1.30 bits per heavy atom. The van der Waals surface area contributed by atoms with Crippen molar-refractivity contribution in [2.75, 3.05) is 19.7 Å². The lowest BCUT2D eigenvalue weighted by molar-refractivity contribution is -0.148. The van der Waals surface area contributed by atoms with Crippen molar-refractivity contribution in [3.8, 4) is 0 Å². The first-order valence-electron chi connectivity index (χ1n) is 6.69. The minimum atomic E-state index is -0.380. The Kier molecular flexibility index (Phi) is 7.11. The van der Waals surface area contributed by atoms with Crippen LogP contribution in [0.4, 0.5) is 0 Å². The summed E-state index contributed by atoms with van der Waals surface area (Å²) in [7, 11) is 0. The highest BCUT2D eigenvalue weighted by Crippen LogP contribution is 2.02. The van der Waals surface area contributed by atoms with Crippen LogP contribution in [0.25, 0.3) is 0 Å². The van der Waals surface area contributed by atoms with Crippen molar-refractivity contribution in [3.63, 3.8) is 0 Å². The third kappa shape index (κ3) is 6.18. The van der Waals surface area contributed by atoms with Gasteiger partial charge in [-0.2, -0.15) is 0 Å². The number of hydrogen-bond donors (Lipinski definition) is 0. The Hall–Kier alpha value is -2.10. The molecular formula is C16H21NO3. The van der Waals surface area contributed by atoms with Crippen molar-refractivity contribution >= 4 is 11.9 Å². The molecule has 0 atom stereocenters. The zero-order chi connectivity index (χ0) is 14.8. The van der Waals surface area contributed by atoms with Crippen LogP contribution >= 0.6 is 0 Å². The SMILES string of the molecule is C=CCN(CC(=O)OCCCc1ccccc1)C(C)=O. The zero-order valence-electron chi connectivity index (χ0n) is 11.9. The predicted octanol–water partition coefficient (Wildman–Crippen LogP) is 2.20. The van der Waals surface area contributed by atoms with E-state index >= 15 is 0 Å². The minimum Gasteiger partial charge on any atom is -0.464 e. The Morgan fingerprint density at radius 3 is 2.60 bits per heavy atom. The van der Waals surface area contributed by atoms with E-state index in [0.29, 0.717) is 13.2 Å². The van der Waals surface area contributed by atoms with Gasteiger partial charge in [0.15, 0.2) is 0 Å². The molecule has 0 saturated carbocycles. The van der Waals surface area contributed by atoms with E-state index in [1.165, 1.54) is 17.4 Å². The Morgan fingerprint density at radius 2 is 2.00 bits per heavy atom. The minimum absolute atomic E-state index is 0.0211. The number of benzene rings is 1. The first kappa shape index (κ1) is 16.0. The van der Waals surface area contributed by atoms with Crippen LogP contribution in [0.5, 0.6) is 0 Å². The number of carbonyl (C=O) groups is 2. The van der Waals surface area contributed by atoms with E-state index in [9.17, 15) is 9.59 Å². The fraction of sp³-hybridized carbons (Fsp3) is 0.375. The summed E-state index contributed by atoms with van der Waals surface area (Å²) in [5, 5.41) is 0. The molecule has 4 nitrogen and oxygen atoms in total. The molecule has 0 unspecified atom stereocenters. The monoisotopic (exact) mass is 275 g/mol. The van der Waals surface area contributed by atoms with E-state index < -0.39 is 0 Å². The summed E-state index contributed by atoms with van der Waals surface area (Å²) in [6, 6.07) is 10.0. The van der Waals surface area contributed by atoms with Crippen molar-refractivity contribution < 1.29 is 14.3 Å². The molecule has 1 rings (SSSR count). The maximum atomic E-state index is 11.6. The molecule has 20 heavy (non-hydrogen) atoms. The summed E-state index contributed by atoms with van der Waals surface area (Å²) in [5.41, 5.74) is 1.22. The Balaban J connectivity index is 2.22. The van der Waals surface area contributed by atoms with Crippen LogP contribution in [0.3, 0.4) is 0 Å². The van der Waals surface area contributed by atoms with Crippen LogP contribution in [-0.2, 0) is 20.7 Å². The first-order valence-corrected chi connectivity index (χ1v) is 6.69. The van der Waals surface area contributed by atoms with Crippen LogP contribution < -0.4 is 0 Å². The van der Waals surface area contributed by atoms with Gasteiger partial charge in [-0.1, -0.05) is 36.4 Å². The second kappa shape index (κ2) is 8.91. The van der Waals surface area contributed by atoms with Crippen LogP contribution in [0.1, 0.15) is 18.9 Å². The number of carbonyl (C=O) groups excluding carboxylic acids is 2. The number of esters is 1. The smallest absolute Gasteiger partial charge is 0.325 e. The maximum Gasteiger partial charge on any atom is 0.325 e. The summed E-state index contributed by atoms with van der Waals surface area (Å²) in [6.45, 7) is 5.68. The molecule has 0 aliphatic carbocycles. The van der Waals surface area contributed by atoms with Crippen LogP contribution in [0.15, 0.2) is 43.0 Å². The third-order valence-electron chi connectivity index (χ3n) is 2.83. The molecule has 1 aromatic carbocycles. The molecule has 1 amide bonds. The number of amides is 1. The fourth-order valence-corrected chi connectivity index (χ4v) is 1.77. The second-order valence-electron chi connectivity index (χ2n) is 4.50. The Labute approximate surface area is 120 Å². The molecule has 0 N–H and O–H groups in total. The van der Waals surface area contributed by atoms with Gasteiger partial charge in [-0.05, 0) is 18.4 Å². The first-order chi connectivity index (χ1) is 9.63. The number of nitrogens with zero attached hydrogens (tertiary/aromatic N) is 1. The molecule has 0 aliphatic rings. The molecule has 1 aromatic rings. The average Bonchev–Trinajstić information content (AvgIpc) is 2.44. The molecule has 108 valence electrons. The van der Waals surface area contributed by atoms with Crippen LogP contribution in [0, 0.1) is 0 Å². The normalized spacial score (nSPS) is 9.85. The summed E-state index contributed by atoms with van der Waals surface area (Å²) in [6.07, 6.45) is 3.23. The van der Waals surface area contributed by atoms with Gasteiger partial charge in [0.1, 0.15) is 6.54 Å². The van der Waals surface area contributed by atoms with Gasteiger partial charge in [0.05, 0.1) is 6.61 Å². The zero-order valence-corrected chi connectivity index (χ0v) is 11.9. The van der Waals surface area contributed by atoms with Crippen molar-refractivity contribution in [3.05, 3.63) is 48.6 Å². The summed E-state index contributed by atoms with van der Waals surface area (Å²) in [4.78, 5) is 24.2. The van der Waals surface area contributed by atoms with Crippen LogP contribution in [-0.4, -0.2) is 36.5 Å². The lowest BCUT2D eigenvalue weighted by Gasteiger charge is -2.17. The summed E-state index contributed by atoms with van der Waals surface area (Å²) in [5.74, 6) is -0.541. The fourth-order valence-electron chi connectivity index (χ4n) is 1.77. The lowest BCUT2D eigenvalue weighted by Crippen LogP contribution is -2.35. The topological polar surface area (TPSA) is 46.6 Å². The molecule has 0 heterocycles. The molecule has 4 heteroatoms. The molecule has 0 radical (unpaired) electrons. The van der Waals surface area contributed by atoms with E-state index in [1.54, 1.807) is 6.08 Å². The van der Waals surface area contributed by atoms with Gasteiger partial charge in [-0.25, -0.2) is 0 Å². The highest BCUT2D eigenvalue weighted by molar-refractivity contribution is 5.80. The Bertz CT molecular complexity index is 442. The molecule has 0 fully saturated rings. The van der Waals surface area contributed by atoms with E-state index in [4.69, 9.17) is 4.74 Å². The van der Waals surface area contributed by atoms with Gasteiger partial charge >= 0.3 is 5.97 Å². The molecule has 0 saturated heterocycles. The number of rotatable bonds is 8. The van der Waals surface area contributed by atoms with Gasteiger partial charge in [0, 0.05) is 13.5 Å². The van der Waals surface area contributed by atoms with E-state index in [-0.39, 0.29) is 18.4 Å². The largest absolute Gasteiger partial charge is 0.464 e. The van der Waals surface area contributed by atoms with E-state index in [0.717, 1.165) is 12.8 Å². The van der Waals surface area contributed by atoms with Gasteiger partial charge < -0.3 is 9.64 Å². The third-order valence-corrected chi connectivity index (χ3v) is 2.83. The van der Waals surface area contributed by atoms with Crippen molar-refractivity contribution in [1.82, 2.24) is 4.90 Å². The average molecular weight is 275 g/mol. The quantitative estimate of drug-likeness (QED) is 0.415. The van der Waals surface area contributed by atoms with Crippen molar-refractivity contribution in [2.24, 2.45) is 0 Å². The maximum absolute atomic E-state index is 11.6. The van der Waals surface area contributed by atoms with Gasteiger partial charge in [0.2, 0.25) is 5.91 Å². The lowest BCUT2D eigenvalue weighted by atomic mass is 10.1. The molecular weight excluding hydrogens is 254 g/mol. The standard InChI is InChI=1S/C16H21NO3/c1-3-11-17(14(2)18)13-16(19)20-12-7-10-15-8-5-4-6-9-15/h3-6,8-9H,1,7,10-13H2,2H3. The number of ether oxygens (including phenoxy) is 1. The van der Waals surface area contributed by atoms with Crippen molar-refractivity contribution in [2.45, 2.75) is 19.8 Å². The van der Waals surface area contributed by atoms with E-state index in [2.05, 4.69) is 6.58 Å². The molecule has 0 spiro atoms. The second-order valence-corrected chi connectivity index (χ2v) is 4.50. The molecule has 0 aromatic heterocycles. The molecule has 0 aliphatic heterocycles. The van der Waals surface area contributed by atoms with Crippen LogP contribution in [0.2, 0.25) is 0 Å². The predicted molar refractivity (Wildman–Crippen MR) is 78.2 cm³/mol. The number of aryl methyl sites for hydroxylation is 1. The highest BCUT2D eigenvalue weighted by atomic mass is 16.5. The summed E-state index contributed by atoms with van der Waals surface area (Å²) < 4.78 is 5.12.